The molecular weight excluding hydrogens is 146 g/mol. The average molecular weight is 161 g/mol. The molecule has 0 radical (unpaired) electrons. The Bertz CT molecular complexity index is 108. The van der Waals surface area contributed by atoms with E-state index < -0.39 is 8.56 Å². The van der Waals surface area contributed by atoms with Crippen molar-refractivity contribution in [2.75, 3.05) is 13.2 Å². The summed E-state index contributed by atoms with van der Waals surface area (Å²) >= 11 is 0. The van der Waals surface area contributed by atoms with Gasteiger partial charge in [0.2, 0.25) is 0 Å². The van der Waals surface area contributed by atoms with Gasteiger partial charge in [-0.25, -0.2) is 0 Å². The monoisotopic (exact) mass is 161 g/mol. The molecule has 0 aromatic rings. The van der Waals surface area contributed by atoms with Gasteiger partial charge in [-0.2, -0.15) is 0 Å². The Labute approximate surface area is 62.8 Å². The molecule has 0 spiro atoms. The maximum Gasteiger partial charge on any atom is 0.331 e. The molecule has 0 amide bonds. The predicted molar refractivity (Wildman–Crippen MR) is 42.0 cm³/mol. The zero-order valence-electron chi connectivity index (χ0n) is 6.81. The zero-order valence-corrected chi connectivity index (χ0v) is 7.81. The lowest BCUT2D eigenvalue weighted by Crippen LogP contribution is -2.57. The number of rotatable bonds is 0. The van der Waals surface area contributed by atoms with Gasteiger partial charge in [0.25, 0.3) is 0 Å². The molecule has 60 valence electrons. The largest absolute Gasteiger partial charge is 0.392 e. The fourth-order valence-corrected chi connectivity index (χ4v) is 2.20. The third-order valence-electron chi connectivity index (χ3n) is 1.50. The second kappa shape index (κ2) is 2.30. The molecule has 4 heteroatoms. The van der Waals surface area contributed by atoms with Gasteiger partial charge in [0.15, 0.2) is 0 Å². The molecule has 1 rings (SSSR count). The molecule has 0 atom stereocenters. The van der Waals surface area contributed by atoms with E-state index in [0.29, 0.717) is 13.2 Å². The van der Waals surface area contributed by atoms with Gasteiger partial charge in [0.05, 0.1) is 18.8 Å². The average Bonchev–Trinajstić information content (AvgIpc) is 1.79. The molecule has 0 aromatic heterocycles. The van der Waals surface area contributed by atoms with E-state index in [1.807, 2.05) is 20.0 Å². The highest BCUT2D eigenvalue weighted by Gasteiger charge is 2.36. The lowest BCUT2D eigenvalue weighted by Gasteiger charge is -2.37. The Morgan fingerprint density at radius 3 is 2.00 bits per heavy atom. The molecule has 1 heterocycles. The highest BCUT2D eigenvalue weighted by Crippen LogP contribution is 2.17. The lowest BCUT2D eigenvalue weighted by atomic mass is 10.1. The van der Waals surface area contributed by atoms with E-state index in [4.69, 9.17) is 14.6 Å². The van der Waals surface area contributed by atoms with Crippen LogP contribution in [0.2, 0.25) is 13.1 Å². The maximum absolute atomic E-state index is 5.77. The van der Waals surface area contributed by atoms with Crippen LogP contribution in [0.1, 0.15) is 6.92 Å². The smallest absolute Gasteiger partial charge is 0.331 e. The van der Waals surface area contributed by atoms with Crippen molar-refractivity contribution in [3.8, 4) is 0 Å². The van der Waals surface area contributed by atoms with E-state index in [9.17, 15) is 0 Å². The van der Waals surface area contributed by atoms with Crippen LogP contribution in [0.4, 0.5) is 0 Å². The molecule has 0 aromatic carbocycles. The van der Waals surface area contributed by atoms with E-state index in [1.54, 1.807) is 0 Å². The molecule has 0 bridgehead atoms. The summed E-state index contributed by atoms with van der Waals surface area (Å²) in [6, 6.07) is 0. The van der Waals surface area contributed by atoms with Crippen LogP contribution < -0.4 is 5.73 Å². The minimum atomic E-state index is -1.76. The van der Waals surface area contributed by atoms with Crippen LogP contribution in [0.5, 0.6) is 0 Å². The molecule has 10 heavy (non-hydrogen) atoms. The summed E-state index contributed by atoms with van der Waals surface area (Å²) in [4.78, 5) is 0. The van der Waals surface area contributed by atoms with Crippen molar-refractivity contribution in [1.82, 2.24) is 0 Å². The highest BCUT2D eigenvalue weighted by atomic mass is 28.4. The molecular formula is C6H15NO2Si. The van der Waals surface area contributed by atoms with E-state index in [1.165, 1.54) is 0 Å². The molecule has 3 nitrogen and oxygen atoms in total. The van der Waals surface area contributed by atoms with Crippen molar-refractivity contribution in [2.45, 2.75) is 25.6 Å². The molecule has 0 saturated carbocycles. The third kappa shape index (κ3) is 2.05. The number of hydrogen-bond donors (Lipinski definition) is 1. The second-order valence-electron chi connectivity index (χ2n) is 3.63. The predicted octanol–water partition coefficient (Wildman–Crippen LogP) is 0.452. The Morgan fingerprint density at radius 1 is 1.30 bits per heavy atom. The Kier molecular flexibility index (Phi) is 1.89. The third-order valence-corrected chi connectivity index (χ3v) is 3.18. The van der Waals surface area contributed by atoms with Crippen LogP contribution in [-0.2, 0) is 8.85 Å². The van der Waals surface area contributed by atoms with Gasteiger partial charge in [0.1, 0.15) is 0 Å². The topological polar surface area (TPSA) is 44.5 Å². The van der Waals surface area contributed by atoms with E-state index in [-0.39, 0.29) is 5.54 Å². The first-order valence-corrected chi connectivity index (χ1v) is 6.30. The van der Waals surface area contributed by atoms with Gasteiger partial charge in [0, 0.05) is 0 Å². The number of hydrogen-bond acceptors (Lipinski definition) is 3. The first-order chi connectivity index (χ1) is 4.41. The zero-order chi connectivity index (χ0) is 7.83. The van der Waals surface area contributed by atoms with Gasteiger partial charge >= 0.3 is 8.56 Å². The Balaban J connectivity index is 2.46. The standard InChI is InChI=1S/C6H15NO2Si/c1-6(7)4-8-10(2,3)9-5-6/h4-5,7H2,1-3H3. The molecule has 1 aliphatic rings. The summed E-state index contributed by atoms with van der Waals surface area (Å²) in [6.45, 7) is 7.26. The van der Waals surface area contributed by atoms with Gasteiger partial charge in [-0.05, 0) is 20.0 Å². The Morgan fingerprint density at radius 2 is 1.70 bits per heavy atom. The molecule has 1 fully saturated rings. The summed E-state index contributed by atoms with van der Waals surface area (Å²) in [6.07, 6.45) is 0. The lowest BCUT2D eigenvalue weighted by molar-refractivity contribution is 0.0552. The molecule has 2 N–H and O–H groups in total. The van der Waals surface area contributed by atoms with Gasteiger partial charge in [-0.15, -0.1) is 0 Å². The summed E-state index contributed by atoms with van der Waals surface area (Å²) < 4.78 is 10.9. The first-order valence-electron chi connectivity index (χ1n) is 3.48. The summed E-state index contributed by atoms with van der Waals surface area (Å²) in [5, 5.41) is 0. The van der Waals surface area contributed by atoms with Crippen LogP contribution in [0.3, 0.4) is 0 Å². The van der Waals surface area contributed by atoms with Crippen LogP contribution in [0, 0.1) is 0 Å². The highest BCUT2D eigenvalue weighted by molar-refractivity contribution is 6.64. The fraction of sp³-hybridized carbons (Fsp3) is 1.00. The van der Waals surface area contributed by atoms with Crippen molar-refractivity contribution in [1.29, 1.82) is 0 Å². The second-order valence-corrected chi connectivity index (χ2v) is 7.01. The van der Waals surface area contributed by atoms with Crippen molar-refractivity contribution in [2.24, 2.45) is 5.73 Å². The van der Waals surface area contributed by atoms with Crippen LogP contribution in [0.15, 0.2) is 0 Å². The van der Waals surface area contributed by atoms with Gasteiger partial charge in [-0.3, -0.25) is 0 Å². The van der Waals surface area contributed by atoms with Gasteiger partial charge in [-0.1, -0.05) is 0 Å². The van der Waals surface area contributed by atoms with E-state index in [2.05, 4.69) is 0 Å². The minimum Gasteiger partial charge on any atom is -0.392 e. The molecule has 1 aliphatic heterocycles. The van der Waals surface area contributed by atoms with E-state index >= 15 is 0 Å². The van der Waals surface area contributed by atoms with Crippen LogP contribution in [-0.4, -0.2) is 27.3 Å². The van der Waals surface area contributed by atoms with Crippen LogP contribution in [0.25, 0.3) is 0 Å². The van der Waals surface area contributed by atoms with Crippen molar-refractivity contribution < 1.29 is 8.85 Å². The summed E-state index contributed by atoms with van der Waals surface area (Å²) in [5.41, 5.74) is 5.50. The first kappa shape index (κ1) is 8.20. The summed E-state index contributed by atoms with van der Waals surface area (Å²) in [7, 11) is -1.76. The normalized spacial score (nSPS) is 30.0. The molecule has 0 aliphatic carbocycles. The Hall–Kier alpha value is 0.0969. The molecule has 1 saturated heterocycles. The number of nitrogens with two attached hydrogens (primary N) is 1. The molecule has 0 unspecified atom stereocenters. The SMILES string of the molecule is CC1(N)CO[Si](C)(C)OC1. The van der Waals surface area contributed by atoms with Crippen LogP contribution >= 0.6 is 0 Å². The maximum atomic E-state index is 5.77. The van der Waals surface area contributed by atoms with Crippen molar-refractivity contribution in [3.63, 3.8) is 0 Å². The van der Waals surface area contributed by atoms with Crippen molar-refractivity contribution >= 4 is 8.56 Å². The van der Waals surface area contributed by atoms with Crippen molar-refractivity contribution in [3.05, 3.63) is 0 Å². The fourth-order valence-electron chi connectivity index (χ4n) is 0.761. The summed E-state index contributed by atoms with van der Waals surface area (Å²) in [5.74, 6) is 0. The van der Waals surface area contributed by atoms with E-state index in [0.717, 1.165) is 0 Å². The van der Waals surface area contributed by atoms with Gasteiger partial charge < -0.3 is 14.6 Å². The minimum absolute atomic E-state index is 0.275. The quantitative estimate of drug-likeness (QED) is 0.525.